The van der Waals surface area contributed by atoms with Crippen LogP contribution in [-0.2, 0) is 4.79 Å². The van der Waals surface area contributed by atoms with E-state index in [4.69, 9.17) is 5.73 Å². The highest BCUT2D eigenvalue weighted by atomic mass is 35.5. The zero-order valence-corrected chi connectivity index (χ0v) is 8.78. The summed E-state index contributed by atoms with van der Waals surface area (Å²) in [7, 11) is 0. The summed E-state index contributed by atoms with van der Waals surface area (Å²) in [5.74, 6) is -0.0400. The van der Waals surface area contributed by atoms with Gasteiger partial charge in [0.15, 0.2) is 0 Å². The lowest BCUT2D eigenvalue weighted by atomic mass is 10.1. The van der Waals surface area contributed by atoms with Crippen LogP contribution < -0.4 is 11.1 Å². The fourth-order valence-corrected chi connectivity index (χ4v) is 0.834. The maximum absolute atomic E-state index is 11.1. The Morgan fingerprint density at radius 3 is 2.33 bits per heavy atom. The number of hydrogen-bond donors (Lipinski definition) is 2. The van der Waals surface area contributed by atoms with Gasteiger partial charge >= 0.3 is 0 Å². The van der Waals surface area contributed by atoms with Crippen molar-refractivity contribution < 1.29 is 4.79 Å². The van der Waals surface area contributed by atoms with Crippen LogP contribution in [0, 0.1) is 0 Å². The Morgan fingerprint density at radius 2 is 2.00 bits per heavy atom. The number of nitrogens with two attached hydrogens (primary N) is 1. The van der Waals surface area contributed by atoms with E-state index in [9.17, 15) is 4.79 Å². The molecule has 3 nitrogen and oxygen atoms in total. The van der Waals surface area contributed by atoms with Gasteiger partial charge in [0.1, 0.15) is 0 Å². The predicted molar refractivity (Wildman–Crippen MR) is 53.4 cm³/mol. The van der Waals surface area contributed by atoms with Crippen LogP contribution in [-0.4, -0.2) is 18.0 Å². The molecule has 74 valence electrons. The molecular weight excluding hydrogens is 176 g/mol. The van der Waals surface area contributed by atoms with E-state index in [-0.39, 0.29) is 30.4 Å². The molecule has 1 amide bonds. The van der Waals surface area contributed by atoms with Crippen LogP contribution >= 0.6 is 12.4 Å². The monoisotopic (exact) mass is 194 g/mol. The Balaban J connectivity index is 0. The van der Waals surface area contributed by atoms with Gasteiger partial charge in [-0.1, -0.05) is 13.3 Å². The van der Waals surface area contributed by atoms with Gasteiger partial charge in [0.05, 0.1) is 6.04 Å². The van der Waals surface area contributed by atoms with Crippen molar-refractivity contribution in [2.24, 2.45) is 5.73 Å². The number of carbonyl (C=O) groups is 1. The summed E-state index contributed by atoms with van der Waals surface area (Å²) in [6.45, 7) is 5.87. The lowest BCUT2D eigenvalue weighted by Gasteiger charge is -2.13. The topological polar surface area (TPSA) is 55.1 Å². The first-order chi connectivity index (χ1) is 5.07. The molecule has 3 N–H and O–H groups in total. The van der Waals surface area contributed by atoms with E-state index in [1.807, 2.05) is 20.8 Å². The first-order valence-corrected chi connectivity index (χ1v) is 4.13. The summed E-state index contributed by atoms with van der Waals surface area (Å²) >= 11 is 0. The van der Waals surface area contributed by atoms with E-state index in [1.165, 1.54) is 0 Å². The van der Waals surface area contributed by atoms with Crippen LogP contribution in [0.4, 0.5) is 0 Å². The molecule has 0 aliphatic heterocycles. The van der Waals surface area contributed by atoms with Crippen LogP contribution in [0.25, 0.3) is 0 Å². The summed E-state index contributed by atoms with van der Waals surface area (Å²) in [6, 6.07) is -0.146. The van der Waals surface area contributed by atoms with Crippen molar-refractivity contribution in [2.45, 2.75) is 45.7 Å². The molecule has 1 atom stereocenters. The summed E-state index contributed by atoms with van der Waals surface area (Å²) in [5.41, 5.74) is 5.56. The third kappa shape index (κ3) is 6.43. The fraction of sp³-hybridized carbons (Fsp3) is 0.875. The minimum Gasteiger partial charge on any atom is -0.353 e. The predicted octanol–water partition coefficient (Wildman–Crippen LogP) is 1.06. The Labute approximate surface area is 80.5 Å². The van der Waals surface area contributed by atoms with Crippen LogP contribution in [0.3, 0.4) is 0 Å². The largest absolute Gasteiger partial charge is 0.353 e. The SMILES string of the molecule is CCCC(N)C(=O)NC(C)C.Cl. The van der Waals surface area contributed by atoms with Crippen molar-refractivity contribution in [3.8, 4) is 0 Å². The number of carbonyl (C=O) groups excluding carboxylic acids is 1. The zero-order chi connectivity index (χ0) is 8.85. The number of rotatable bonds is 4. The number of halogens is 1. The Kier molecular flexibility index (Phi) is 8.76. The minimum absolute atomic E-state index is 0. The summed E-state index contributed by atoms with van der Waals surface area (Å²) in [4.78, 5) is 11.1. The van der Waals surface area contributed by atoms with Gasteiger partial charge in [0.2, 0.25) is 5.91 Å². The molecule has 0 bridgehead atoms. The highest BCUT2D eigenvalue weighted by Crippen LogP contribution is 1.93. The van der Waals surface area contributed by atoms with Crippen LogP contribution in [0.15, 0.2) is 0 Å². The third-order valence-corrected chi connectivity index (χ3v) is 1.37. The molecule has 4 heteroatoms. The van der Waals surface area contributed by atoms with Crippen LogP contribution in [0.1, 0.15) is 33.6 Å². The molecule has 0 fully saturated rings. The van der Waals surface area contributed by atoms with Gasteiger partial charge in [-0.05, 0) is 20.3 Å². The highest BCUT2D eigenvalue weighted by Gasteiger charge is 2.11. The van der Waals surface area contributed by atoms with Crippen molar-refractivity contribution in [3.05, 3.63) is 0 Å². The van der Waals surface area contributed by atoms with Crippen LogP contribution in [0.5, 0.6) is 0 Å². The number of hydrogen-bond acceptors (Lipinski definition) is 2. The number of nitrogens with one attached hydrogen (secondary N) is 1. The molecule has 0 aromatic heterocycles. The second-order valence-corrected chi connectivity index (χ2v) is 3.06. The summed E-state index contributed by atoms with van der Waals surface area (Å²) < 4.78 is 0. The molecule has 0 aromatic carbocycles. The average molecular weight is 195 g/mol. The summed E-state index contributed by atoms with van der Waals surface area (Å²) in [5, 5.41) is 2.76. The van der Waals surface area contributed by atoms with Gasteiger partial charge < -0.3 is 11.1 Å². The minimum atomic E-state index is -0.331. The van der Waals surface area contributed by atoms with Gasteiger partial charge in [-0.3, -0.25) is 4.79 Å². The average Bonchev–Trinajstić information content (AvgIpc) is 1.86. The molecule has 0 saturated carbocycles. The van der Waals surface area contributed by atoms with Gasteiger partial charge in [-0.2, -0.15) is 0 Å². The van der Waals surface area contributed by atoms with E-state index in [0.717, 1.165) is 12.8 Å². The van der Waals surface area contributed by atoms with E-state index in [0.29, 0.717) is 0 Å². The first-order valence-electron chi connectivity index (χ1n) is 4.13. The normalized spacial score (nSPS) is 12.1. The second kappa shape index (κ2) is 7.37. The van der Waals surface area contributed by atoms with Crippen molar-refractivity contribution in [2.75, 3.05) is 0 Å². The smallest absolute Gasteiger partial charge is 0.237 e. The molecule has 12 heavy (non-hydrogen) atoms. The number of amides is 1. The Morgan fingerprint density at radius 1 is 1.50 bits per heavy atom. The molecule has 0 heterocycles. The van der Waals surface area contributed by atoms with Gasteiger partial charge in [-0.25, -0.2) is 0 Å². The van der Waals surface area contributed by atoms with Crippen molar-refractivity contribution in [3.63, 3.8) is 0 Å². The molecular formula is C8H19ClN2O. The second-order valence-electron chi connectivity index (χ2n) is 3.06. The maximum Gasteiger partial charge on any atom is 0.237 e. The van der Waals surface area contributed by atoms with Gasteiger partial charge in [0, 0.05) is 6.04 Å². The Hall–Kier alpha value is -0.280. The quantitative estimate of drug-likeness (QED) is 0.703. The molecule has 0 spiro atoms. The molecule has 0 rings (SSSR count). The molecule has 0 saturated heterocycles. The molecule has 0 aliphatic carbocycles. The van der Waals surface area contributed by atoms with E-state index < -0.39 is 0 Å². The van der Waals surface area contributed by atoms with Crippen molar-refractivity contribution >= 4 is 18.3 Å². The standard InChI is InChI=1S/C8H18N2O.ClH/c1-4-5-7(9)8(11)10-6(2)3;/h6-7H,4-5,9H2,1-3H3,(H,10,11);1H. The third-order valence-electron chi connectivity index (χ3n) is 1.37. The maximum atomic E-state index is 11.1. The van der Waals surface area contributed by atoms with Gasteiger partial charge in [-0.15, -0.1) is 12.4 Å². The molecule has 1 unspecified atom stereocenters. The van der Waals surface area contributed by atoms with Crippen LogP contribution in [0.2, 0.25) is 0 Å². The summed E-state index contributed by atoms with van der Waals surface area (Å²) in [6.07, 6.45) is 1.71. The van der Waals surface area contributed by atoms with Crippen molar-refractivity contribution in [1.29, 1.82) is 0 Å². The van der Waals surface area contributed by atoms with E-state index in [2.05, 4.69) is 5.32 Å². The molecule has 0 aromatic rings. The zero-order valence-electron chi connectivity index (χ0n) is 7.96. The van der Waals surface area contributed by atoms with Crippen molar-refractivity contribution in [1.82, 2.24) is 5.32 Å². The van der Waals surface area contributed by atoms with Gasteiger partial charge in [0.25, 0.3) is 0 Å². The fourth-order valence-electron chi connectivity index (χ4n) is 0.834. The van der Waals surface area contributed by atoms with E-state index in [1.54, 1.807) is 0 Å². The molecule has 0 aliphatic rings. The molecule has 0 radical (unpaired) electrons. The highest BCUT2D eigenvalue weighted by molar-refractivity contribution is 5.85. The first kappa shape index (κ1) is 14.3. The van der Waals surface area contributed by atoms with E-state index >= 15 is 0 Å². The lowest BCUT2D eigenvalue weighted by molar-refractivity contribution is -0.123. The lowest BCUT2D eigenvalue weighted by Crippen LogP contribution is -2.43. The Bertz CT molecular complexity index is 128.